The van der Waals surface area contributed by atoms with E-state index >= 15 is 0 Å². The van der Waals surface area contributed by atoms with Crippen molar-refractivity contribution in [3.63, 3.8) is 0 Å². The first-order valence-corrected chi connectivity index (χ1v) is 6.77. The molecule has 1 heterocycles. The Balaban J connectivity index is 2.27. The van der Waals surface area contributed by atoms with Gasteiger partial charge in [0.1, 0.15) is 0 Å². The van der Waals surface area contributed by atoms with Crippen molar-refractivity contribution in [1.29, 1.82) is 0 Å². The summed E-state index contributed by atoms with van der Waals surface area (Å²) in [7, 11) is 1.74. The lowest BCUT2D eigenvalue weighted by Gasteiger charge is -2.05. The molecule has 1 aromatic heterocycles. The Morgan fingerprint density at radius 1 is 1.50 bits per heavy atom. The monoisotopic (exact) mass is 240 g/mol. The zero-order valence-corrected chi connectivity index (χ0v) is 10.8. The van der Waals surface area contributed by atoms with Gasteiger partial charge in [0.2, 0.25) is 0 Å². The Bertz CT molecular complexity index is 294. The molecule has 0 aliphatic carbocycles. The van der Waals surface area contributed by atoms with Crippen LogP contribution in [0.4, 0.5) is 5.69 Å². The van der Waals surface area contributed by atoms with Gasteiger partial charge in [0.25, 0.3) is 0 Å². The maximum atomic E-state index is 5.01. The molecule has 0 aliphatic heterocycles. The topological polar surface area (TPSA) is 34.2 Å². The summed E-state index contributed by atoms with van der Waals surface area (Å²) in [6.45, 7) is 3.89. The van der Waals surface area contributed by atoms with Crippen molar-refractivity contribution in [3.05, 3.63) is 24.0 Å². The van der Waals surface area contributed by atoms with Crippen LogP contribution in [0.15, 0.2) is 18.3 Å². The van der Waals surface area contributed by atoms with Crippen LogP contribution in [0.1, 0.15) is 19.0 Å². The Kier molecular flexibility index (Phi) is 7.01. The van der Waals surface area contributed by atoms with Gasteiger partial charge in [-0.05, 0) is 31.2 Å². The van der Waals surface area contributed by atoms with E-state index in [9.17, 15) is 0 Å². The third kappa shape index (κ3) is 5.37. The van der Waals surface area contributed by atoms with Crippen molar-refractivity contribution in [1.82, 2.24) is 4.98 Å². The number of hydrogen-bond acceptors (Lipinski definition) is 4. The lowest BCUT2D eigenvalue weighted by atomic mass is 10.3. The van der Waals surface area contributed by atoms with Crippen LogP contribution in [0.5, 0.6) is 0 Å². The molecule has 0 fully saturated rings. The van der Waals surface area contributed by atoms with Gasteiger partial charge in [-0.25, -0.2) is 0 Å². The molecule has 90 valence electrons. The van der Waals surface area contributed by atoms with Gasteiger partial charge in [0, 0.05) is 37.9 Å². The first-order chi connectivity index (χ1) is 7.86. The van der Waals surface area contributed by atoms with Crippen LogP contribution in [-0.2, 0) is 10.5 Å². The normalized spacial score (nSPS) is 10.4. The molecule has 1 N–H and O–H groups in total. The summed E-state index contributed by atoms with van der Waals surface area (Å²) in [5.41, 5.74) is 2.30. The van der Waals surface area contributed by atoms with Crippen LogP contribution in [0.25, 0.3) is 0 Å². The highest BCUT2D eigenvalue weighted by Crippen LogP contribution is 2.14. The van der Waals surface area contributed by atoms with E-state index < -0.39 is 0 Å². The second-order valence-electron chi connectivity index (χ2n) is 3.47. The lowest BCUT2D eigenvalue weighted by Crippen LogP contribution is -1.98. The van der Waals surface area contributed by atoms with Crippen LogP contribution < -0.4 is 5.32 Å². The molecule has 0 spiro atoms. The van der Waals surface area contributed by atoms with Crippen LogP contribution in [-0.4, -0.2) is 31.0 Å². The first-order valence-electron chi connectivity index (χ1n) is 5.62. The number of pyridine rings is 1. The lowest BCUT2D eigenvalue weighted by molar-refractivity contribution is 0.200. The largest absolute Gasteiger partial charge is 0.385 e. The summed E-state index contributed by atoms with van der Waals surface area (Å²) < 4.78 is 5.01. The highest BCUT2D eigenvalue weighted by atomic mass is 32.2. The molecular weight excluding hydrogens is 220 g/mol. The molecule has 16 heavy (non-hydrogen) atoms. The number of aromatic nitrogens is 1. The Morgan fingerprint density at radius 2 is 2.38 bits per heavy atom. The predicted octanol–water partition coefficient (Wildman–Crippen LogP) is 2.78. The third-order valence-electron chi connectivity index (χ3n) is 2.08. The van der Waals surface area contributed by atoms with E-state index in [1.54, 1.807) is 7.11 Å². The average Bonchev–Trinajstić information content (AvgIpc) is 2.30. The number of rotatable bonds is 8. The molecule has 0 saturated heterocycles. The number of thioether (sulfide) groups is 1. The molecule has 0 unspecified atom stereocenters. The molecular formula is C12H20N2OS. The average molecular weight is 240 g/mol. The molecule has 0 saturated carbocycles. The fourth-order valence-corrected chi connectivity index (χ4v) is 2.19. The zero-order chi connectivity index (χ0) is 11.6. The number of anilines is 1. The Hall–Kier alpha value is -0.740. The van der Waals surface area contributed by atoms with Gasteiger partial charge < -0.3 is 10.1 Å². The second kappa shape index (κ2) is 8.42. The standard InChI is InChI=1S/C12H20N2OS/c1-3-13-11-5-6-14-12(9-11)10-16-8-4-7-15-2/h5-6,9H,3-4,7-8,10H2,1-2H3,(H,13,14). The van der Waals surface area contributed by atoms with Gasteiger partial charge in [0.15, 0.2) is 0 Å². The highest BCUT2D eigenvalue weighted by molar-refractivity contribution is 7.98. The molecule has 0 aromatic carbocycles. The SMILES string of the molecule is CCNc1ccnc(CSCCCOC)c1. The number of hydrogen-bond donors (Lipinski definition) is 1. The van der Waals surface area contributed by atoms with Crippen LogP contribution >= 0.6 is 11.8 Å². The van der Waals surface area contributed by atoms with Crippen molar-refractivity contribution in [2.45, 2.75) is 19.1 Å². The van der Waals surface area contributed by atoms with E-state index in [4.69, 9.17) is 4.74 Å². The molecule has 3 nitrogen and oxygen atoms in total. The summed E-state index contributed by atoms with van der Waals surface area (Å²) in [5, 5.41) is 3.29. The van der Waals surface area contributed by atoms with Crippen molar-refractivity contribution in [2.75, 3.05) is 31.3 Å². The molecule has 1 aromatic rings. The van der Waals surface area contributed by atoms with Crippen LogP contribution in [0, 0.1) is 0 Å². The summed E-state index contributed by atoms with van der Waals surface area (Å²) in [4.78, 5) is 4.35. The van der Waals surface area contributed by atoms with E-state index in [-0.39, 0.29) is 0 Å². The van der Waals surface area contributed by atoms with E-state index in [0.717, 1.165) is 42.5 Å². The number of nitrogens with one attached hydrogen (secondary N) is 1. The number of ether oxygens (including phenoxy) is 1. The maximum absolute atomic E-state index is 5.01. The number of methoxy groups -OCH3 is 1. The van der Waals surface area contributed by atoms with Gasteiger partial charge >= 0.3 is 0 Å². The van der Waals surface area contributed by atoms with Gasteiger partial charge in [-0.15, -0.1) is 0 Å². The maximum Gasteiger partial charge on any atom is 0.0523 e. The van der Waals surface area contributed by atoms with Gasteiger partial charge in [-0.2, -0.15) is 11.8 Å². The molecule has 0 amide bonds. The molecule has 1 rings (SSSR count). The van der Waals surface area contributed by atoms with E-state index in [2.05, 4.69) is 23.3 Å². The van der Waals surface area contributed by atoms with Gasteiger partial charge in [-0.3, -0.25) is 4.98 Å². The quantitative estimate of drug-likeness (QED) is 0.709. The minimum atomic E-state index is 0.845. The van der Waals surface area contributed by atoms with Gasteiger partial charge in [-0.1, -0.05) is 0 Å². The Morgan fingerprint density at radius 3 is 3.12 bits per heavy atom. The van der Waals surface area contributed by atoms with Crippen molar-refractivity contribution in [3.8, 4) is 0 Å². The molecule has 4 heteroatoms. The zero-order valence-electron chi connectivity index (χ0n) is 10.0. The summed E-state index contributed by atoms with van der Waals surface area (Å²) in [6, 6.07) is 4.12. The Labute approximate surface area is 102 Å². The summed E-state index contributed by atoms with van der Waals surface area (Å²) in [6.07, 6.45) is 2.97. The van der Waals surface area contributed by atoms with Crippen LogP contribution in [0.3, 0.4) is 0 Å². The van der Waals surface area contributed by atoms with Gasteiger partial charge in [0.05, 0.1) is 5.69 Å². The highest BCUT2D eigenvalue weighted by Gasteiger charge is 1.97. The smallest absolute Gasteiger partial charge is 0.0523 e. The minimum absolute atomic E-state index is 0.845. The van der Waals surface area contributed by atoms with Crippen molar-refractivity contribution in [2.24, 2.45) is 0 Å². The second-order valence-corrected chi connectivity index (χ2v) is 4.57. The van der Waals surface area contributed by atoms with E-state index in [0.29, 0.717) is 0 Å². The fourth-order valence-electron chi connectivity index (χ4n) is 1.35. The molecule has 0 aliphatic rings. The third-order valence-corrected chi connectivity index (χ3v) is 3.16. The number of nitrogens with zero attached hydrogens (tertiary/aromatic N) is 1. The van der Waals surface area contributed by atoms with Crippen molar-refractivity contribution >= 4 is 17.4 Å². The fraction of sp³-hybridized carbons (Fsp3) is 0.583. The van der Waals surface area contributed by atoms with E-state index in [1.807, 2.05) is 24.0 Å². The van der Waals surface area contributed by atoms with E-state index in [1.165, 1.54) is 0 Å². The minimum Gasteiger partial charge on any atom is -0.385 e. The predicted molar refractivity (Wildman–Crippen MR) is 71.1 cm³/mol. The molecule has 0 bridgehead atoms. The van der Waals surface area contributed by atoms with Crippen molar-refractivity contribution < 1.29 is 4.74 Å². The summed E-state index contributed by atoms with van der Waals surface area (Å²) >= 11 is 1.90. The van der Waals surface area contributed by atoms with Crippen LogP contribution in [0.2, 0.25) is 0 Å². The summed E-state index contributed by atoms with van der Waals surface area (Å²) in [5.74, 6) is 2.10. The molecule has 0 atom stereocenters. The molecule has 0 radical (unpaired) electrons. The first kappa shape index (κ1) is 13.3.